The first-order valence-corrected chi connectivity index (χ1v) is 7.67. The van der Waals surface area contributed by atoms with Gasteiger partial charge < -0.3 is 14.5 Å². The van der Waals surface area contributed by atoms with Crippen LogP contribution in [0.3, 0.4) is 0 Å². The van der Waals surface area contributed by atoms with Gasteiger partial charge in [-0.25, -0.2) is 0 Å². The lowest BCUT2D eigenvalue weighted by atomic mass is 10.1. The lowest BCUT2D eigenvalue weighted by molar-refractivity contribution is -0.137. The van der Waals surface area contributed by atoms with E-state index in [1.165, 1.54) is 11.3 Å². The predicted octanol–water partition coefficient (Wildman–Crippen LogP) is 2.69. The Balaban J connectivity index is 1.64. The number of rotatable bonds is 5. The molecule has 0 saturated heterocycles. The number of aromatic nitrogens is 2. The van der Waals surface area contributed by atoms with E-state index in [-0.39, 0.29) is 12.8 Å². The van der Waals surface area contributed by atoms with Crippen LogP contribution in [0.15, 0.2) is 34.9 Å². The Kier molecular flexibility index (Phi) is 4.41. The van der Waals surface area contributed by atoms with Crippen molar-refractivity contribution in [3.8, 4) is 0 Å². The van der Waals surface area contributed by atoms with Crippen LogP contribution in [0.2, 0.25) is 0 Å². The molecule has 0 fully saturated rings. The van der Waals surface area contributed by atoms with Crippen LogP contribution >= 0.6 is 0 Å². The van der Waals surface area contributed by atoms with Gasteiger partial charge >= 0.3 is 5.97 Å². The molecule has 1 aromatic carbocycles. The largest absolute Gasteiger partial charge is 0.481 e. The van der Waals surface area contributed by atoms with Crippen molar-refractivity contribution in [1.82, 2.24) is 10.1 Å². The number of hydrogen-bond acceptors (Lipinski definition) is 5. The monoisotopic (exact) mass is 313 g/mol. The van der Waals surface area contributed by atoms with Gasteiger partial charge in [-0.05, 0) is 31.1 Å². The molecule has 1 aliphatic heterocycles. The summed E-state index contributed by atoms with van der Waals surface area (Å²) in [6.45, 7) is 3.78. The summed E-state index contributed by atoms with van der Waals surface area (Å²) in [6, 6.07) is 8.49. The molecule has 2 heterocycles. The molecular weight excluding hydrogens is 294 g/mol. The molecule has 0 amide bonds. The highest BCUT2D eigenvalue weighted by molar-refractivity contribution is 5.67. The Labute approximate surface area is 134 Å². The highest BCUT2D eigenvalue weighted by atomic mass is 16.5. The van der Waals surface area contributed by atoms with E-state index in [1.54, 1.807) is 0 Å². The van der Waals surface area contributed by atoms with E-state index in [1.807, 2.05) is 0 Å². The molecule has 120 valence electrons. The van der Waals surface area contributed by atoms with Gasteiger partial charge in [0, 0.05) is 25.2 Å². The summed E-state index contributed by atoms with van der Waals surface area (Å²) in [4.78, 5) is 17.2. The van der Waals surface area contributed by atoms with E-state index in [2.05, 4.69) is 52.3 Å². The fourth-order valence-electron chi connectivity index (χ4n) is 2.56. The van der Waals surface area contributed by atoms with Gasteiger partial charge in [-0.2, -0.15) is 4.98 Å². The maximum absolute atomic E-state index is 10.6. The molecule has 3 rings (SSSR count). The zero-order valence-corrected chi connectivity index (χ0v) is 13.0. The Hall–Kier alpha value is -2.63. The molecule has 0 atom stereocenters. The summed E-state index contributed by atoms with van der Waals surface area (Å²) in [5.41, 5.74) is 3.52. The van der Waals surface area contributed by atoms with Crippen molar-refractivity contribution >= 4 is 17.2 Å². The van der Waals surface area contributed by atoms with Crippen LogP contribution in [0.5, 0.6) is 0 Å². The summed E-state index contributed by atoms with van der Waals surface area (Å²) in [7, 11) is 0. The highest BCUT2D eigenvalue weighted by Gasteiger charge is 2.17. The molecule has 0 unspecified atom stereocenters. The summed E-state index contributed by atoms with van der Waals surface area (Å²) in [5.74, 6) is 0.0913. The number of aryl methyl sites for hydroxylation is 2. The third-order valence-electron chi connectivity index (χ3n) is 3.92. The number of nitrogens with zero attached hydrogens (tertiary/aromatic N) is 3. The number of carboxylic acid groups (broad SMARTS) is 1. The number of carboxylic acids is 1. The lowest BCUT2D eigenvalue weighted by Gasteiger charge is -2.27. The molecule has 6 nitrogen and oxygen atoms in total. The van der Waals surface area contributed by atoms with E-state index in [0.29, 0.717) is 11.7 Å². The maximum Gasteiger partial charge on any atom is 0.303 e. The Morgan fingerprint density at radius 2 is 2.13 bits per heavy atom. The molecule has 6 heteroatoms. The number of hydrogen-bond donors (Lipinski definition) is 1. The van der Waals surface area contributed by atoms with Gasteiger partial charge in [-0.15, -0.1) is 0 Å². The first-order chi connectivity index (χ1) is 11.1. The SMILES string of the molecule is Cc1ccc(N2CC=C(c3noc(CCC(=O)O)n3)CC2)cc1. The lowest BCUT2D eigenvalue weighted by Crippen LogP contribution is -2.28. The van der Waals surface area contributed by atoms with Gasteiger partial charge in [-0.3, -0.25) is 4.79 Å². The van der Waals surface area contributed by atoms with Crippen LogP contribution in [0, 0.1) is 6.92 Å². The standard InChI is InChI=1S/C17H19N3O3/c1-12-2-4-14(5-3-12)20-10-8-13(9-11-20)17-18-15(23-19-17)6-7-16(21)22/h2-5,8H,6-7,9-11H2,1H3,(H,21,22). The molecule has 1 aliphatic rings. The molecule has 0 bridgehead atoms. The number of anilines is 1. The van der Waals surface area contributed by atoms with Crippen molar-refractivity contribution in [3.05, 3.63) is 47.6 Å². The van der Waals surface area contributed by atoms with Gasteiger partial charge in [0.2, 0.25) is 5.89 Å². The molecule has 0 spiro atoms. The summed E-state index contributed by atoms with van der Waals surface area (Å²) < 4.78 is 5.11. The van der Waals surface area contributed by atoms with Crippen molar-refractivity contribution in [3.63, 3.8) is 0 Å². The Morgan fingerprint density at radius 3 is 2.78 bits per heavy atom. The topological polar surface area (TPSA) is 79.5 Å². The van der Waals surface area contributed by atoms with Gasteiger partial charge in [0.15, 0.2) is 5.82 Å². The van der Waals surface area contributed by atoms with Crippen LogP contribution < -0.4 is 4.90 Å². The number of benzene rings is 1. The third kappa shape index (κ3) is 3.77. The number of aliphatic carboxylic acids is 1. The second-order valence-electron chi connectivity index (χ2n) is 5.67. The van der Waals surface area contributed by atoms with Crippen molar-refractivity contribution in [1.29, 1.82) is 0 Å². The molecule has 0 saturated carbocycles. The maximum atomic E-state index is 10.6. The highest BCUT2D eigenvalue weighted by Crippen LogP contribution is 2.24. The molecular formula is C17H19N3O3. The fourth-order valence-corrected chi connectivity index (χ4v) is 2.56. The quantitative estimate of drug-likeness (QED) is 0.914. The molecule has 2 aromatic rings. The normalized spacial score (nSPS) is 14.7. The van der Waals surface area contributed by atoms with Crippen LogP contribution in [0.1, 0.15) is 30.1 Å². The molecule has 1 N–H and O–H groups in total. The van der Waals surface area contributed by atoms with E-state index < -0.39 is 5.97 Å². The zero-order chi connectivity index (χ0) is 16.2. The average Bonchev–Trinajstić information content (AvgIpc) is 3.03. The summed E-state index contributed by atoms with van der Waals surface area (Å²) in [6.07, 6.45) is 3.22. The van der Waals surface area contributed by atoms with E-state index in [9.17, 15) is 4.79 Å². The molecule has 0 radical (unpaired) electrons. The van der Waals surface area contributed by atoms with Gasteiger partial charge in [0.25, 0.3) is 0 Å². The second-order valence-corrected chi connectivity index (χ2v) is 5.67. The van der Waals surface area contributed by atoms with Gasteiger partial charge in [-0.1, -0.05) is 28.9 Å². The van der Waals surface area contributed by atoms with Crippen LogP contribution in [-0.4, -0.2) is 34.3 Å². The van der Waals surface area contributed by atoms with Gasteiger partial charge in [0.05, 0.1) is 6.42 Å². The van der Waals surface area contributed by atoms with E-state index >= 15 is 0 Å². The zero-order valence-electron chi connectivity index (χ0n) is 13.0. The van der Waals surface area contributed by atoms with Crippen LogP contribution in [0.25, 0.3) is 5.57 Å². The average molecular weight is 313 g/mol. The minimum absolute atomic E-state index is 0.00187. The van der Waals surface area contributed by atoms with Crippen LogP contribution in [0.4, 0.5) is 5.69 Å². The Bertz CT molecular complexity index is 719. The van der Waals surface area contributed by atoms with E-state index in [4.69, 9.17) is 9.63 Å². The van der Waals surface area contributed by atoms with Crippen molar-refractivity contribution in [2.45, 2.75) is 26.2 Å². The summed E-state index contributed by atoms with van der Waals surface area (Å²) in [5, 5.41) is 12.6. The van der Waals surface area contributed by atoms with Crippen LogP contribution in [-0.2, 0) is 11.2 Å². The minimum Gasteiger partial charge on any atom is -0.481 e. The third-order valence-corrected chi connectivity index (χ3v) is 3.92. The molecule has 1 aromatic heterocycles. The van der Waals surface area contributed by atoms with Crippen molar-refractivity contribution in [2.24, 2.45) is 0 Å². The van der Waals surface area contributed by atoms with Crippen molar-refractivity contribution < 1.29 is 14.4 Å². The second kappa shape index (κ2) is 6.64. The van der Waals surface area contributed by atoms with Crippen molar-refractivity contribution in [2.75, 3.05) is 18.0 Å². The molecule has 23 heavy (non-hydrogen) atoms. The fraction of sp³-hybridized carbons (Fsp3) is 0.353. The summed E-state index contributed by atoms with van der Waals surface area (Å²) >= 11 is 0. The molecule has 0 aliphatic carbocycles. The smallest absolute Gasteiger partial charge is 0.303 e. The Morgan fingerprint density at radius 1 is 1.35 bits per heavy atom. The van der Waals surface area contributed by atoms with E-state index in [0.717, 1.165) is 25.1 Å². The first kappa shape index (κ1) is 15.3. The van der Waals surface area contributed by atoms with Gasteiger partial charge in [0.1, 0.15) is 0 Å². The minimum atomic E-state index is -0.865. The predicted molar refractivity (Wildman–Crippen MR) is 86.2 cm³/mol. The number of carbonyl (C=O) groups is 1. The first-order valence-electron chi connectivity index (χ1n) is 7.67.